The van der Waals surface area contributed by atoms with Crippen molar-refractivity contribution in [1.82, 2.24) is 14.9 Å². The largest absolute Gasteiger partial charge is 0.250 e. The first kappa shape index (κ1) is 14.0. The van der Waals surface area contributed by atoms with Crippen LogP contribution in [0.3, 0.4) is 0 Å². The van der Waals surface area contributed by atoms with Gasteiger partial charge < -0.3 is 0 Å². The second-order valence-electron chi connectivity index (χ2n) is 5.21. The summed E-state index contributed by atoms with van der Waals surface area (Å²) in [6.45, 7) is 6.18. The van der Waals surface area contributed by atoms with Gasteiger partial charge in [0.2, 0.25) is 4.77 Å². The smallest absolute Gasteiger partial charge is 0.216 e. The highest BCUT2D eigenvalue weighted by Crippen LogP contribution is 2.19. The predicted octanol–water partition coefficient (Wildman–Crippen LogP) is 3.77. The Hall–Kier alpha value is -1.46. The van der Waals surface area contributed by atoms with Gasteiger partial charge in [0.1, 0.15) is 0 Å². The molecule has 0 bridgehead atoms. The van der Waals surface area contributed by atoms with E-state index in [1.165, 1.54) is 0 Å². The number of benzene rings is 1. The summed E-state index contributed by atoms with van der Waals surface area (Å²) >= 11 is 11.1. The molecule has 1 N–H and O–H groups in total. The Morgan fingerprint density at radius 1 is 1.42 bits per heavy atom. The average molecular weight is 295 g/mol. The first-order valence-electron chi connectivity index (χ1n) is 5.86. The van der Waals surface area contributed by atoms with Crippen molar-refractivity contribution in [1.29, 1.82) is 0 Å². The number of H-pyrrole nitrogens is 1. The van der Waals surface area contributed by atoms with Gasteiger partial charge in [-0.15, -0.1) is 0 Å². The molecule has 1 aromatic heterocycles. The molecule has 0 fully saturated rings. The van der Waals surface area contributed by atoms with Gasteiger partial charge in [-0.2, -0.15) is 14.9 Å². The lowest BCUT2D eigenvalue weighted by Gasteiger charge is -2.15. The van der Waals surface area contributed by atoms with Crippen molar-refractivity contribution >= 4 is 30.0 Å². The summed E-state index contributed by atoms with van der Waals surface area (Å²) in [5, 5.41) is 12.0. The van der Waals surface area contributed by atoms with E-state index in [-0.39, 0.29) is 5.41 Å². The summed E-state index contributed by atoms with van der Waals surface area (Å²) in [4.78, 5) is 0. The van der Waals surface area contributed by atoms with Crippen molar-refractivity contribution in [2.45, 2.75) is 26.2 Å². The van der Waals surface area contributed by atoms with Crippen LogP contribution in [0.4, 0.5) is 0 Å². The number of aromatic nitrogens is 3. The van der Waals surface area contributed by atoms with Crippen LogP contribution in [-0.4, -0.2) is 21.1 Å². The van der Waals surface area contributed by atoms with E-state index in [0.29, 0.717) is 9.79 Å². The molecule has 1 aromatic carbocycles. The quantitative estimate of drug-likeness (QED) is 0.677. The van der Waals surface area contributed by atoms with E-state index in [4.69, 9.17) is 23.8 Å². The van der Waals surface area contributed by atoms with E-state index < -0.39 is 0 Å². The van der Waals surface area contributed by atoms with Gasteiger partial charge >= 0.3 is 0 Å². The van der Waals surface area contributed by atoms with Crippen LogP contribution in [0.15, 0.2) is 29.4 Å². The SMILES string of the molecule is CC(C)(C)c1n[nH]c(=S)n1/N=C\c1cccc(Cl)c1. The van der Waals surface area contributed by atoms with Crippen molar-refractivity contribution in [3.8, 4) is 0 Å². The van der Waals surface area contributed by atoms with Crippen molar-refractivity contribution < 1.29 is 0 Å². The third-order valence-corrected chi connectivity index (χ3v) is 2.99. The van der Waals surface area contributed by atoms with Crippen LogP contribution >= 0.6 is 23.8 Å². The van der Waals surface area contributed by atoms with E-state index in [2.05, 4.69) is 36.1 Å². The third-order valence-electron chi connectivity index (χ3n) is 2.49. The van der Waals surface area contributed by atoms with Gasteiger partial charge in [-0.3, -0.25) is 5.10 Å². The van der Waals surface area contributed by atoms with Crippen LogP contribution in [0.5, 0.6) is 0 Å². The molecule has 0 saturated heterocycles. The van der Waals surface area contributed by atoms with Crippen molar-refractivity contribution in [3.63, 3.8) is 0 Å². The standard InChI is InChI=1S/C13H15ClN4S/c1-13(2,3)11-16-17-12(19)18(11)15-8-9-5-4-6-10(14)7-9/h4-8H,1-3H3,(H,17,19)/b15-8-. The Morgan fingerprint density at radius 2 is 2.16 bits per heavy atom. The van der Waals surface area contributed by atoms with E-state index in [1.54, 1.807) is 10.9 Å². The minimum atomic E-state index is -0.140. The molecule has 0 aliphatic rings. The Balaban J connectivity index is 2.39. The molecule has 0 amide bonds. The van der Waals surface area contributed by atoms with Crippen LogP contribution in [-0.2, 0) is 5.41 Å². The third kappa shape index (κ3) is 3.30. The molecule has 6 heteroatoms. The first-order valence-corrected chi connectivity index (χ1v) is 6.64. The zero-order chi connectivity index (χ0) is 14.0. The molecular weight excluding hydrogens is 280 g/mol. The molecule has 0 aliphatic carbocycles. The lowest BCUT2D eigenvalue weighted by molar-refractivity contribution is 0.516. The van der Waals surface area contributed by atoms with Crippen molar-refractivity contribution in [2.24, 2.45) is 5.10 Å². The second kappa shape index (κ2) is 5.27. The Kier molecular flexibility index (Phi) is 3.87. The fourth-order valence-corrected chi connectivity index (χ4v) is 1.97. The molecule has 19 heavy (non-hydrogen) atoms. The summed E-state index contributed by atoms with van der Waals surface area (Å²) in [6.07, 6.45) is 1.71. The van der Waals surface area contributed by atoms with Gasteiger partial charge in [0.15, 0.2) is 5.82 Å². The zero-order valence-corrected chi connectivity index (χ0v) is 12.6. The Bertz CT molecular complexity index is 664. The number of hydrogen-bond acceptors (Lipinski definition) is 3. The maximum absolute atomic E-state index is 5.93. The predicted molar refractivity (Wildman–Crippen MR) is 80.6 cm³/mol. The molecule has 0 radical (unpaired) electrons. The topological polar surface area (TPSA) is 46.0 Å². The molecule has 1 heterocycles. The first-order chi connectivity index (χ1) is 8.88. The summed E-state index contributed by atoms with van der Waals surface area (Å²) in [5.41, 5.74) is 0.773. The zero-order valence-electron chi connectivity index (χ0n) is 11.0. The lowest BCUT2D eigenvalue weighted by Crippen LogP contribution is -2.17. The summed E-state index contributed by atoms with van der Waals surface area (Å²) in [7, 11) is 0. The van der Waals surface area contributed by atoms with Crippen molar-refractivity contribution in [2.75, 3.05) is 0 Å². The number of nitrogens with one attached hydrogen (secondary N) is 1. The number of aromatic amines is 1. The van der Waals surface area contributed by atoms with E-state index in [0.717, 1.165) is 11.4 Å². The Morgan fingerprint density at radius 3 is 2.79 bits per heavy atom. The van der Waals surface area contributed by atoms with E-state index >= 15 is 0 Å². The minimum Gasteiger partial charge on any atom is -0.250 e. The van der Waals surface area contributed by atoms with E-state index in [9.17, 15) is 0 Å². The Labute approximate surface area is 122 Å². The summed E-state index contributed by atoms with van der Waals surface area (Å²) < 4.78 is 2.11. The summed E-state index contributed by atoms with van der Waals surface area (Å²) in [5.74, 6) is 0.788. The normalized spacial score (nSPS) is 12.2. The number of hydrogen-bond donors (Lipinski definition) is 1. The molecule has 0 atom stereocenters. The van der Waals surface area contributed by atoms with Crippen LogP contribution in [0, 0.1) is 4.77 Å². The molecule has 2 aromatic rings. The van der Waals surface area contributed by atoms with Crippen LogP contribution in [0.2, 0.25) is 5.02 Å². The molecule has 100 valence electrons. The molecule has 2 rings (SSSR count). The molecular formula is C13H15ClN4S. The molecule has 0 spiro atoms. The number of halogens is 1. The van der Waals surface area contributed by atoms with Gasteiger partial charge in [-0.1, -0.05) is 44.5 Å². The highest BCUT2D eigenvalue weighted by molar-refractivity contribution is 7.71. The average Bonchev–Trinajstić information content (AvgIpc) is 2.68. The van der Waals surface area contributed by atoms with Gasteiger partial charge in [-0.05, 0) is 29.9 Å². The molecule has 0 aliphatic heterocycles. The van der Waals surface area contributed by atoms with Gasteiger partial charge in [0, 0.05) is 10.4 Å². The van der Waals surface area contributed by atoms with Gasteiger partial charge in [-0.25, -0.2) is 0 Å². The van der Waals surface area contributed by atoms with Crippen LogP contribution < -0.4 is 0 Å². The summed E-state index contributed by atoms with van der Waals surface area (Å²) in [6, 6.07) is 7.47. The fourth-order valence-electron chi connectivity index (χ4n) is 1.60. The molecule has 0 unspecified atom stereocenters. The highest BCUT2D eigenvalue weighted by Gasteiger charge is 2.21. The second-order valence-corrected chi connectivity index (χ2v) is 6.04. The number of nitrogens with zero attached hydrogens (tertiary/aromatic N) is 3. The van der Waals surface area contributed by atoms with Crippen molar-refractivity contribution in [3.05, 3.63) is 45.4 Å². The number of rotatable bonds is 2. The maximum Gasteiger partial charge on any atom is 0.216 e. The highest BCUT2D eigenvalue weighted by atomic mass is 35.5. The van der Waals surface area contributed by atoms with Crippen LogP contribution in [0.1, 0.15) is 32.2 Å². The maximum atomic E-state index is 5.93. The lowest BCUT2D eigenvalue weighted by atomic mass is 9.96. The van der Waals surface area contributed by atoms with Crippen LogP contribution in [0.25, 0.3) is 0 Å². The molecule has 0 saturated carbocycles. The minimum absolute atomic E-state index is 0.140. The molecule has 4 nitrogen and oxygen atoms in total. The van der Waals surface area contributed by atoms with Gasteiger partial charge in [0.25, 0.3) is 0 Å². The van der Waals surface area contributed by atoms with E-state index in [1.807, 2.05) is 24.3 Å². The monoisotopic (exact) mass is 294 g/mol. The fraction of sp³-hybridized carbons (Fsp3) is 0.308. The van der Waals surface area contributed by atoms with Gasteiger partial charge in [0.05, 0.1) is 6.21 Å².